The van der Waals surface area contributed by atoms with Crippen LogP contribution >= 0.6 is 11.8 Å². The highest BCUT2D eigenvalue weighted by Crippen LogP contribution is 2.26. The minimum absolute atomic E-state index is 0.0813. The van der Waals surface area contributed by atoms with Gasteiger partial charge >= 0.3 is 0 Å². The lowest BCUT2D eigenvalue weighted by atomic mass is 10.2. The first-order chi connectivity index (χ1) is 11.0. The van der Waals surface area contributed by atoms with Crippen molar-refractivity contribution in [2.45, 2.75) is 24.8 Å². The van der Waals surface area contributed by atoms with E-state index in [9.17, 15) is 9.59 Å². The molecule has 0 bridgehead atoms. The molecular weight excluding hydrogens is 310 g/mol. The number of anilines is 1. The van der Waals surface area contributed by atoms with Gasteiger partial charge in [-0.25, -0.2) is 0 Å². The fraction of sp³-hybridized carbons (Fsp3) is 0.222. The lowest BCUT2D eigenvalue weighted by Crippen LogP contribution is -2.41. The molecule has 0 aliphatic rings. The van der Waals surface area contributed by atoms with E-state index >= 15 is 0 Å². The third-order valence-electron chi connectivity index (χ3n) is 3.38. The van der Waals surface area contributed by atoms with Crippen molar-refractivity contribution in [2.75, 3.05) is 12.0 Å². The van der Waals surface area contributed by atoms with E-state index in [0.717, 1.165) is 16.7 Å². The third kappa shape index (κ3) is 4.36. The number of ether oxygens (including phenoxy) is 1. The Bertz CT molecular complexity index is 670. The van der Waals surface area contributed by atoms with Gasteiger partial charge in [-0.1, -0.05) is 18.2 Å². The first-order valence-electron chi connectivity index (χ1n) is 7.23. The zero-order chi connectivity index (χ0) is 16.8. The number of hydrogen-bond acceptors (Lipinski definition) is 4. The molecular formula is C18H19NO3S. The fourth-order valence-corrected chi connectivity index (χ4v) is 3.02. The summed E-state index contributed by atoms with van der Waals surface area (Å²) in [6.07, 6.45) is 0. The molecule has 0 spiro atoms. The molecule has 2 aromatic rings. The van der Waals surface area contributed by atoms with Gasteiger partial charge in [0.2, 0.25) is 11.0 Å². The minimum atomic E-state index is -0.564. The van der Waals surface area contributed by atoms with Crippen LogP contribution in [0.4, 0.5) is 5.69 Å². The summed E-state index contributed by atoms with van der Waals surface area (Å²) in [5, 5.41) is -0.0813. The van der Waals surface area contributed by atoms with Gasteiger partial charge in [0.25, 0.3) is 0 Å². The molecule has 0 saturated carbocycles. The number of carbonyl (C=O) groups excluding carboxylic acids is 2. The van der Waals surface area contributed by atoms with Gasteiger partial charge in [-0.15, -0.1) is 0 Å². The van der Waals surface area contributed by atoms with E-state index in [2.05, 4.69) is 0 Å². The molecule has 0 aromatic heterocycles. The Labute approximate surface area is 140 Å². The predicted octanol–water partition coefficient (Wildman–Crippen LogP) is 3.76. The number of hydrogen-bond donors (Lipinski definition) is 0. The Balaban J connectivity index is 2.18. The Morgan fingerprint density at radius 2 is 1.65 bits per heavy atom. The molecule has 23 heavy (non-hydrogen) atoms. The van der Waals surface area contributed by atoms with Crippen LogP contribution in [0, 0.1) is 0 Å². The quantitative estimate of drug-likeness (QED) is 0.784. The van der Waals surface area contributed by atoms with Gasteiger partial charge in [0, 0.05) is 17.5 Å². The maximum atomic E-state index is 12.5. The second-order valence-corrected chi connectivity index (χ2v) is 6.08. The average Bonchev–Trinajstić information content (AvgIpc) is 2.56. The Morgan fingerprint density at radius 3 is 2.17 bits per heavy atom. The maximum Gasteiger partial charge on any atom is 0.224 e. The van der Waals surface area contributed by atoms with Gasteiger partial charge in [-0.3, -0.25) is 9.59 Å². The number of amides is 1. The standard InChI is InChI=1S/C18H19NO3S/c1-13(18(21)23-17-7-5-4-6-8-17)19(14(2)20)15-9-11-16(22-3)12-10-15/h4-13H,1-3H3/t13-/m1/s1. The molecule has 4 nitrogen and oxygen atoms in total. The maximum absolute atomic E-state index is 12.5. The smallest absolute Gasteiger partial charge is 0.224 e. The van der Waals surface area contributed by atoms with Crippen LogP contribution in [-0.2, 0) is 9.59 Å². The van der Waals surface area contributed by atoms with Crippen molar-refractivity contribution in [3.8, 4) is 5.75 Å². The van der Waals surface area contributed by atoms with Gasteiger partial charge in [0.05, 0.1) is 7.11 Å². The fourth-order valence-electron chi connectivity index (χ4n) is 2.22. The lowest BCUT2D eigenvalue weighted by Gasteiger charge is -2.27. The first kappa shape index (κ1) is 17.1. The van der Waals surface area contributed by atoms with Crippen LogP contribution in [0.2, 0.25) is 0 Å². The lowest BCUT2D eigenvalue weighted by molar-refractivity contribution is -0.120. The van der Waals surface area contributed by atoms with E-state index < -0.39 is 6.04 Å². The Hall–Kier alpha value is -2.27. The molecule has 0 heterocycles. The molecule has 2 rings (SSSR count). The van der Waals surface area contributed by atoms with Gasteiger partial charge in [0.1, 0.15) is 11.8 Å². The molecule has 0 saturated heterocycles. The number of nitrogens with zero attached hydrogens (tertiary/aromatic N) is 1. The van der Waals surface area contributed by atoms with Crippen molar-refractivity contribution in [3.63, 3.8) is 0 Å². The second-order valence-electron chi connectivity index (χ2n) is 5.00. The van der Waals surface area contributed by atoms with E-state index in [0.29, 0.717) is 11.4 Å². The van der Waals surface area contributed by atoms with Crippen LogP contribution in [0.15, 0.2) is 59.5 Å². The molecule has 0 fully saturated rings. The van der Waals surface area contributed by atoms with E-state index in [1.54, 1.807) is 38.3 Å². The van der Waals surface area contributed by atoms with Crippen molar-refractivity contribution in [3.05, 3.63) is 54.6 Å². The van der Waals surface area contributed by atoms with Crippen LogP contribution < -0.4 is 9.64 Å². The molecule has 0 aliphatic heterocycles. The molecule has 0 N–H and O–H groups in total. The summed E-state index contributed by atoms with van der Waals surface area (Å²) in [5.41, 5.74) is 0.674. The van der Waals surface area contributed by atoms with E-state index in [4.69, 9.17) is 4.74 Å². The SMILES string of the molecule is COc1ccc(N(C(C)=O)[C@H](C)C(=O)Sc2ccccc2)cc1. The van der Waals surface area contributed by atoms with Crippen LogP contribution in [-0.4, -0.2) is 24.2 Å². The van der Waals surface area contributed by atoms with Crippen molar-refractivity contribution in [2.24, 2.45) is 0 Å². The molecule has 0 aliphatic carbocycles. The van der Waals surface area contributed by atoms with E-state index in [1.165, 1.54) is 11.8 Å². The Morgan fingerprint density at radius 1 is 1.04 bits per heavy atom. The normalized spacial score (nSPS) is 11.6. The van der Waals surface area contributed by atoms with Gasteiger partial charge in [0.15, 0.2) is 0 Å². The summed E-state index contributed by atoms with van der Waals surface area (Å²) in [6.45, 7) is 3.20. The van der Waals surface area contributed by atoms with E-state index in [1.807, 2.05) is 30.3 Å². The highest BCUT2D eigenvalue weighted by Gasteiger charge is 2.25. The zero-order valence-corrected chi connectivity index (χ0v) is 14.2. The van der Waals surface area contributed by atoms with Crippen LogP contribution in [0.25, 0.3) is 0 Å². The average molecular weight is 329 g/mol. The minimum Gasteiger partial charge on any atom is -0.497 e. The van der Waals surface area contributed by atoms with Crippen LogP contribution in [0.5, 0.6) is 5.75 Å². The number of benzene rings is 2. The summed E-state index contributed by atoms with van der Waals surface area (Å²) < 4.78 is 5.12. The summed E-state index contributed by atoms with van der Waals surface area (Å²) in [7, 11) is 1.58. The van der Waals surface area contributed by atoms with E-state index in [-0.39, 0.29) is 11.0 Å². The van der Waals surface area contributed by atoms with Crippen LogP contribution in [0.1, 0.15) is 13.8 Å². The molecule has 120 valence electrons. The molecule has 2 aromatic carbocycles. The number of rotatable bonds is 5. The van der Waals surface area contributed by atoms with Gasteiger partial charge < -0.3 is 9.64 Å². The number of carbonyl (C=O) groups is 2. The van der Waals surface area contributed by atoms with Crippen molar-refractivity contribution < 1.29 is 14.3 Å². The Kier molecular flexibility index (Phi) is 5.82. The second kappa shape index (κ2) is 7.83. The van der Waals surface area contributed by atoms with Crippen LogP contribution in [0.3, 0.4) is 0 Å². The summed E-state index contributed by atoms with van der Waals surface area (Å²) >= 11 is 1.14. The van der Waals surface area contributed by atoms with Crippen molar-refractivity contribution in [1.29, 1.82) is 0 Å². The largest absolute Gasteiger partial charge is 0.497 e. The summed E-state index contributed by atoms with van der Waals surface area (Å²) in [6, 6.07) is 15.9. The highest BCUT2D eigenvalue weighted by molar-refractivity contribution is 8.13. The number of thioether (sulfide) groups is 1. The highest BCUT2D eigenvalue weighted by atomic mass is 32.2. The van der Waals surface area contributed by atoms with Gasteiger partial charge in [-0.2, -0.15) is 0 Å². The zero-order valence-electron chi connectivity index (χ0n) is 13.4. The molecule has 0 radical (unpaired) electrons. The third-order valence-corrected chi connectivity index (χ3v) is 4.43. The predicted molar refractivity (Wildman–Crippen MR) is 92.9 cm³/mol. The number of methoxy groups -OCH3 is 1. The first-order valence-corrected chi connectivity index (χ1v) is 8.05. The molecule has 0 unspecified atom stereocenters. The summed E-state index contributed by atoms with van der Waals surface area (Å²) in [4.78, 5) is 26.9. The summed E-state index contributed by atoms with van der Waals surface area (Å²) in [5.74, 6) is 0.527. The molecule has 5 heteroatoms. The van der Waals surface area contributed by atoms with Crippen molar-refractivity contribution >= 4 is 28.5 Å². The van der Waals surface area contributed by atoms with Gasteiger partial charge in [-0.05, 0) is 55.1 Å². The monoisotopic (exact) mass is 329 g/mol. The molecule has 1 amide bonds. The van der Waals surface area contributed by atoms with Crippen molar-refractivity contribution in [1.82, 2.24) is 0 Å². The molecule has 1 atom stereocenters. The topological polar surface area (TPSA) is 46.6 Å².